The maximum Gasteiger partial charge on any atom is 0.243 e. The molecule has 2 aliphatic heterocycles. The number of anilines is 1. The zero-order valence-corrected chi connectivity index (χ0v) is 18.7. The van der Waals surface area contributed by atoms with Gasteiger partial charge < -0.3 is 19.3 Å². The lowest BCUT2D eigenvalue weighted by Crippen LogP contribution is -2.41. The van der Waals surface area contributed by atoms with E-state index in [-0.39, 0.29) is 35.2 Å². The number of carbonyl (C=O) groups is 1. The molecule has 0 spiro atoms. The van der Waals surface area contributed by atoms with E-state index in [0.717, 1.165) is 0 Å². The van der Waals surface area contributed by atoms with Gasteiger partial charge in [-0.3, -0.25) is 4.79 Å². The Morgan fingerprint density at radius 1 is 1.10 bits per heavy atom. The summed E-state index contributed by atoms with van der Waals surface area (Å²) in [6.45, 7) is 7.35. The van der Waals surface area contributed by atoms with Crippen LogP contribution in [0, 0.1) is 5.92 Å². The number of hydrogen-bond donors (Lipinski definition) is 1. The Balaban J connectivity index is 1.37. The predicted molar refractivity (Wildman–Crippen MR) is 113 cm³/mol. The van der Waals surface area contributed by atoms with Crippen molar-refractivity contribution in [2.24, 2.45) is 5.92 Å². The Bertz CT molecular complexity index is 1070. The number of piperidine rings is 1. The topological polar surface area (TPSA) is 111 Å². The lowest BCUT2D eigenvalue weighted by Gasteiger charge is -2.30. The highest BCUT2D eigenvalue weighted by molar-refractivity contribution is 7.89. The zero-order valence-electron chi connectivity index (χ0n) is 17.9. The van der Waals surface area contributed by atoms with E-state index >= 15 is 0 Å². The first kappa shape index (κ1) is 21.6. The van der Waals surface area contributed by atoms with Crippen LogP contribution in [0.15, 0.2) is 33.7 Å². The van der Waals surface area contributed by atoms with E-state index in [2.05, 4.69) is 10.5 Å². The van der Waals surface area contributed by atoms with Gasteiger partial charge in [-0.05, 0) is 25.0 Å². The summed E-state index contributed by atoms with van der Waals surface area (Å²) in [6.07, 6.45) is 0.860. The molecular weight excluding hydrogens is 422 g/mol. The molecule has 0 atom stereocenters. The summed E-state index contributed by atoms with van der Waals surface area (Å²) in [6, 6.07) is 6.36. The number of amides is 1. The smallest absolute Gasteiger partial charge is 0.243 e. The largest absolute Gasteiger partial charge is 0.486 e. The normalized spacial score (nSPS) is 18.0. The first-order chi connectivity index (χ1) is 14.6. The second-order valence-corrected chi connectivity index (χ2v) is 10.7. The minimum absolute atomic E-state index is 0.164. The maximum atomic E-state index is 13.0. The molecule has 1 fully saturated rings. The molecule has 1 N–H and O–H groups in total. The molecule has 2 aromatic rings. The molecule has 3 heterocycles. The van der Waals surface area contributed by atoms with Crippen molar-refractivity contribution in [2.45, 2.75) is 43.9 Å². The van der Waals surface area contributed by atoms with Crippen molar-refractivity contribution in [3.8, 4) is 11.5 Å². The average Bonchev–Trinajstić information content (AvgIpc) is 3.22. The van der Waals surface area contributed by atoms with E-state index in [1.54, 1.807) is 12.1 Å². The van der Waals surface area contributed by atoms with Gasteiger partial charge in [-0.2, -0.15) is 4.31 Å². The molecule has 0 bridgehead atoms. The second-order valence-electron chi connectivity index (χ2n) is 8.80. The minimum Gasteiger partial charge on any atom is -0.486 e. The Morgan fingerprint density at radius 2 is 1.77 bits per heavy atom. The third-order valence-electron chi connectivity index (χ3n) is 5.48. The summed E-state index contributed by atoms with van der Waals surface area (Å²) in [4.78, 5) is 12.8. The highest BCUT2D eigenvalue weighted by Crippen LogP contribution is 2.34. The van der Waals surface area contributed by atoms with E-state index in [1.807, 2.05) is 20.8 Å². The number of sulfonamides is 1. The van der Waals surface area contributed by atoms with Gasteiger partial charge in [0.15, 0.2) is 17.3 Å². The van der Waals surface area contributed by atoms with Crippen LogP contribution in [0.5, 0.6) is 11.5 Å². The Kier molecular flexibility index (Phi) is 5.69. The standard InChI is InChI=1S/C21H27N3O6S/c1-21(2,3)18-13-19(23-30-18)22-20(25)14-6-8-24(9-7-14)31(26,27)15-4-5-16-17(12-15)29-11-10-28-16/h4-5,12-14H,6-11H2,1-3H3,(H,22,23,25). The van der Waals surface area contributed by atoms with Crippen LogP contribution < -0.4 is 14.8 Å². The number of ether oxygens (including phenoxy) is 2. The second kappa shape index (κ2) is 8.16. The van der Waals surface area contributed by atoms with Gasteiger partial charge in [0, 0.05) is 36.6 Å². The van der Waals surface area contributed by atoms with Crippen molar-refractivity contribution in [1.29, 1.82) is 0 Å². The highest BCUT2D eigenvalue weighted by atomic mass is 32.2. The highest BCUT2D eigenvalue weighted by Gasteiger charge is 2.33. The van der Waals surface area contributed by atoms with Crippen molar-refractivity contribution in [1.82, 2.24) is 9.46 Å². The molecule has 1 aromatic heterocycles. The molecule has 9 nitrogen and oxygen atoms in total. The van der Waals surface area contributed by atoms with Gasteiger partial charge in [0.25, 0.3) is 0 Å². The molecular formula is C21H27N3O6S. The van der Waals surface area contributed by atoms with E-state index in [9.17, 15) is 13.2 Å². The summed E-state index contributed by atoms with van der Waals surface area (Å²) in [5.74, 6) is 1.57. The van der Waals surface area contributed by atoms with Crippen molar-refractivity contribution < 1.29 is 27.2 Å². The number of aromatic nitrogens is 1. The average molecular weight is 450 g/mol. The van der Waals surface area contributed by atoms with Crippen LogP contribution in [-0.4, -0.2) is 50.1 Å². The van der Waals surface area contributed by atoms with Crippen LogP contribution in [0.25, 0.3) is 0 Å². The number of nitrogens with zero attached hydrogens (tertiary/aromatic N) is 2. The number of nitrogens with one attached hydrogen (secondary N) is 1. The molecule has 1 amide bonds. The van der Waals surface area contributed by atoms with Gasteiger partial charge in [-0.1, -0.05) is 25.9 Å². The molecule has 10 heteroatoms. The molecule has 1 saturated heterocycles. The molecule has 4 rings (SSSR count). The van der Waals surface area contributed by atoms with E-state index in [4.69, 9.17) is 14.0 Å². The first-order valence-corrected chi connectivity index (χ1v) is 11.8. The number of hydrogen-bond acceptors (Lipinski definition) is 7. The SMILES string of the molecule is CC(C)(C)c1cc(NC(=O)C2CCN(S(=O)(=O)c3ccc4c(c3)OCCO4)CC2)no1. The molecule has 31 heavy (non-hydrogen) atoms. The fourth-order valence-corrected chi connectivity index (χ4v) is 5.09. The molecule has 0 radical (unpaired) electrons. The lowest BCUT2D eigenvalue weighted by atomic mass is 9.93. The van der Waals surface area contributed by atoms with Gasteiger partial charge in [-0.25, -0.2) is 8.42 Å². The first-order valence-electron chi connectivity index (χ1n) is 10.3. The van der Waals surface area contributed by atoms with Gasteiger partial charge in [0.05, 0.1) is 4.90 Å². The fraction of sp³-hybridized carbons (Fsp3) is 0.524. The van der Waals surface area contributed by atoms with Crippen LogP contribution in [0.1, 0.15) is 39.4 Å². The number of fused-ring (bicyclic) bond motifs is 1. The third-order valence-corrected chi connectivity index (χ3v) is 7.37. The van der Waals surface area contributed by atoms with Crippen LogP contribution in [0.4, 0.5) is 5.82 Å². The Hall–Kier alpha value is -2.59. The fourth-order valence-electron chi connectivity index (χ4n) is 3.61. The number of benzene rings is 1. The number of rotatable bonds is 4. The molecule has 168 valence electrons. The monoisotopic (exact) mass is 449 g/mol. The van der Waals surface area contributed by atoms with E-state index < -0.39 is 10.0 Å². The summed E-state index contributed by atoms with van der Waals surface area (Å²) in [7, 11) is -3.68. The van der Waals surface area contributed by atoms with Crippen LogP contribution in [-0.2, 0) is 20.2 Å². The summed E-state index contributed by atoms with van der Waals surface area (Å²) in [5, 5.41) is 6.69. The minimum atomic E-state index is -3.68. The van der Waals surface area contributed by atoms with E-state index in [0.29, 0.717) is 49.1 Å². The van der Waals surface area contributed by atoms with Gasteiger partial charge in [-0.15, -0.1) is 0 Å². The van der Waals surface area contributed by atoms with Crippen molar-refractivity contribution >= 4 is 21.7 Å². The van der Waals surface area contributed by atoms with Crippen LogP contribution in [0.3, 0.4) is 0 Å². The molecule has 1 aromatic carbocycles. The van der Waals surface area contributed by atoms with Crippen LogP contribution >= 0.6 is 0 Å². The summed E-state index contributed by atoms with van der Waals surface area (Å²) >= 11 is 0. The lowest BCUT2D eigenvalue weighted by molar-refractivity contribution is -0.120. The molecule has 2 aliphatic rings. The summed E-state index contributed by atoms with van der Waals surface area (Å²) < 4.78 is 43.8. The van der Waals surface area contributed by atoms with Crippen molar-refractivity contribution in [2.75, 3.05) is 31.6 Å². The van der Waals surface area contributed by atoms with Crippen molar-refractivity contribution in [3.63, 3.8) is 0 Å². The van der Waals surface area contributed by atoms with Gasteiger partial charge in [0.2, 0.25) is 15.9 Å². The quantitative estimate of drug-likeness (QED) is 0.764. The molecule has 0 unspecified atom stereocenters. The molecule has 0 aliphatic carbocycles. The molecule has 0 saturated carbocycles. The Labute approximate surface area is 181 Å². The predicted octanol–water partition coefficient (Wildman–Crippen LogP) is 2.78. The van der Waals surface area contributed by atoms with Crippen molar-refractivity contribution in [3.05, 3.63) is 30.0 Å². The number of carbonyl (C=O) groups excluding carboxylic acids is 1. The van der Waals surface area contributed by atoms with Crippen LogP contribution in [0.2, 0.25) is 0 Å². The van der Waals surface area contributed by atoms with Gasteiger partial charge in [0.1, 0.15) is 19.0 Å². The Morgan fingerprint density at radius 3 is 2.42 bits per heavy atom. The summed E-state index contributed by atoms with van der Waals surface area (Å²) in [5.41, 5.74) is -0.205. The van der Waals surface area contributed by atoms with Gasteiger partial charge >= 0.3 is 0 Å². The zero-order chi connectivity index (χ0) is 22.2. The maximum absolute atomic E-state index is 13.0. The third kappa shape index (κ3) is 4.54. The van der Waals surface area contributed by atoms with E-state index in [1.165, 1.54) is 16.4 Å².